The van der Waals surface area contributed by atoms with E-state index >= 15 is 0 Å². The van der Waals surface area contributed by atoms with Gasteiger partial charge in [-0.2, -0.15) is 10.2 Å². The van der Waals surface area contributed by atoms with E-state index in [4.69, 9.17) is 5.11 Å². The summed E-state index contributed by atoms with van der Waals surface area (Å²) in [6, 6.07) is 0. The van der Waals surface area contributed by atoms with Crippen molar-refractivity contribution in [2.75, 3.05) is 13.2 Å². The van der Waals surface area contributed by atoms with Gasteiger partial charge in [-0.25, -0.2) is 4.68 Å². The Morgan fingerprint density at radius 2 is 2.06 bits per heavy atom. The number of thiophene rings is 1. The molecule has 0 fully saturated rings. The average Bonchev–Trinajstić information content (AvgIpc) is 3.25. The number of aromatic nitrogens is 4. The molecular formula is C21H30N5O4S+. The Kier molecular flexibility index (Phi) is 6.93. The smallest absolute Gasteiger partial charge is 0.276 e. The van der Waals surface area contributed by atoms with Gasteiger partial charge in [-0.15, -0.1) is 11.3 Å². The van der Waals surface area contributed by atoms with Crippen molar-refractivity contribution < 1.29 is 15.0 Å². The highest BCUT2D eigenvalue weighted by molar-refractivity contribution is 7.19. The molecule has 5 N–H and O–H groups in total. The summed E-state index contributed by atoms with van der Waals surface area (Å²) in [7, 11) is 1.60. The van der Waals surface area contributed by atoms with Crippen molar-refractivity contribution in [3.05, 3.63) is 43.4 Å². The van der Waals surface area contributed by atoms with Gasteiger partial charge in [0, 0.05) is 29.6 Å². The fourth-order valence-electron chi connectivity index (χ4n) is 3.57. The van der Waals surface area contributed by atoms with Gasteiger partial charge in [-0.3, -0.25) is 14.7 Å². The maximum absolute atomic E-state index is 13.2. The van der Waals surface area contributed by atoms with Crippen LogP contribution < -0.4 is 10.9 Å². The lowest BCUT2D eigenvalue weighted by atomic mass is 10.0. The predicted molar refractivity (Wildman–Crippen MR) is 121 cm³/mol. The first-order chi connectivity index (χ1) is 14.6. The number of nitrogens with one attached hydrogen (secondary N) is 2. The quantitative estimate of drug-likeness (QED) is 0.441. The second kappa shape index (κ2) is 9.29. The molecule has 0 spiro atoms. The molecule has 10 heteroatoms. The maximum atomic E-state index is 13.2. The van der Waals surface area contributed by atoms with Crippen molar-refractivity contribution in [3.63, 3.8) is 0 Å². The van der Waals surface area contributed by atoms with Gasteiger partial charge in [0.15, 0.2) is 6.61 Å². The van der Waals surface area contributed by atoms with Gasteiger partial charge in [-0.05, 0) is 26.2 Å². The minimum absolute atomic E-state index is 0.0485. The highest BCUT2D eigenvalue weighted by atomic mass is 32.1. The first-order valence-corrected chi connectivity index (χ1v) is 11.1. The summed E-state index contributed by atoms with van der Waals surface area (Å²) < 4.78 is 2.03. The molecular weight excluding hydrogens is 418 g/mol. The molecule has 168 valence electrons. The Hall–Kier alpha value is -2.56. The third-order valence-electron chi connectivity index (χ3n) is 5.20. The summed E-state index contributed by atoms with van der Waals surface area (Å²) in [6.45, 7) is 7.74. The number of fused-ring (bicyclic) bond motifs is 1. The van der Waals surface area contributed by atoms with E-state index in [1.54, 1.807) is 7.05 Å². The molecule has 0 aromatic carbocycles. The Morgan fingerprint density at radius 1 is 1.35 bits per heavy atom. The summed E-state index contributed by atoms with van der Waals surface area (Å²) in [5.74, 6) is -0.0899. The molecule has 0 saturated heterocycles. The van der Waals surface area contributed by atoms with Crippen molar-refractivity contribution in [1.82, 2.24) is 25.3 Å². The molecule has 3 heterocycles. The van der Waals surface area contributed by atoms with Gasteiger partial charge in [0.05, 0.1) is 33.6 Å². The molecule has 9 nitrogen and oxygen atoms in total. The van der Waals surface area contributed by atoms with Crippen LogP contribution in [0, 0.1) is 19.8 Å². The molecule has 0 aliphatic carbocycles. The zero-order valence-corrected chi connectivity index (χ0v) is 19.3. The minimum atomic E-state index is -0.961. The number of amides is 1. The third-order valence-corrected chi connectivity index (χ3v) is 6.44. The number of hydrogen-bond acceptors (Lipinski definition) is 6. The van der Waals surface area contributed by atoms with Crippen LogP contribution in [0.2, 0.25) is 0 Å². The van der Waals surface area contributed by atoms with Crippen molar-refractivity contribution in [1.29, 1.82) is 0 Å². The topological polar surface area (TPSA) is 136 Å². The molecule has 3 rings (SSSR count). The summed E-state index contributed by atoms with van der Waals surface area (Å²) >= 11 is 1.42. The van der Waals surface area contributed by atoms with Crippen molar-refractivity contribution in [2.24, 2.45) is 13.0 Å². The van der Waals surface area contributed by atoms with Gasteiger partial charge in [-0.1, -0.05) is 13.8 Å². The molecule has 3 aromatic rings. The number of aliphatic hydroxyl groups excluding tert-OH is 1. The molecule has 0 aliphatic heterocycles. The molecule has 0 radical (unpaired) electrons. The largest absolute Gasteiger partial charge is 0.443 e. The Bertz CT molecular complexity index is 1140. The monoisotopic (exact) mass is 448 g/mol. The van der Waals surface area contributed by atoms with E-state index in [1.165, 1.54) is 16.0 Å². The number of aryl methyl sites for hydroxylation is 3. The average molecular weight is 449 g/mol. The van der Waals surface area contributed by atoms with E-state index in [1.807, 2.05) is 13.8 Å². The van der Waals surface area contributed by atoms with Crippen LogP contribution in [0.5, 0.6) is 0 Å². The van der Waals surface area contributed by atoms with E-state index in [-0.39, 0.29) is 18.7 Å². The van der Waals surface area contributed by atoms with Crippen LogP contribution in [0.25, 0.3) is 10.1 Å². The number of carbonyl (C=O) groups excluding carboxylic acids is 1. The second-order valence-corrected chi connectivity index (χ2v) is 9.34. The number of hydrogen-bond donors (Lipinski definition) is 3. The van der Waals surface area contributed by atoms with E-state index < -0.39 is 12.0 Å². The number of nitrogens with zero attached hydrogens (tertiary/aromatic N) is 3. The highest BCUT2D eigenvalue weighted by Crippen LogP contribution is 2.34. The first kappa shape index (κ1) is 23.1. The normalized spacial score (nSPS) is 12.6. The Labute approximate surface area is 184 Å². The SMILES string of the molecule is Cc1n[nH]c(C)c1Cc1sc2c(CC(C)C)nn(C)c(=O)c2c1C(=O)NC[C@H](O)C[OH2+]. The molecule has 31 heavy (non-hydrogen) atoms. The number of aromatic amines is 1. The van der Waals surface area contributed by atoms with Crippen LogP contribution in [0.4, 0.5) is 0 Å². The first-order valence-electron chi connectivity index (χ1n) is 10.3. The van der Waals surface area contributed by atoms with Gasteiger partial charge >= 0.3 is 0 Å². The molecule has 1 amide bonds. The van der Waals surface area contributed by atoms with Crippen molar-refractivity contribution in [2.45, 2.75) is 46.6 Å². The van der Waals surface area contributed by atoms with E-state index in [2.05, 4.69) is 34.5 Å². The molecule has 0 saturated carbocycles. The summed E-state index contributed by atoms with van der Waals surface area (Å²) in [4.78, 5) is 27.0. The predicted octanol–water partition coefficient (Wildman–Crippen LogP) is 0.940. The number of H-pyrrole nitrogens is 1. The van der Waals surface area contributed by atoms with Gasteiger partial charge in [0.25, 0.3) is 11.5 Å². The minimum Gasteiger partial charge on any atom is -0.443 e. The lowest BCUT2D eigenvalue weighted by Gasteiger charge is -2.10. The molecule has 0 bridgehead atoms. The van der Waals surface area contributed by atoms with E-state index in [0.29, 0.717) is 29.7 Å². The molecule has 3 aromatic heterocycles. The molecule has 0 unspecified atom stereocenters. The fourth-order valence-corrected chi connectivity index (χ4v) is 4.86. The zero-order chi connectivity index (χ0) is 22.9. The van der Waals surface area contributed by atoms with Crippen LogP contribution in [0.15, 0.2) is 4.79 Å². The van der Waals surface area contributed by atoms with Crippen molar-refractivity contribution in [3.8, 4) is 0 Å². The summed E-state index contributed by atoms with van der Waals surface area (Å²) in [5, 5.41) is 31.7. The second-order valence-electron chi connectivity index (χ2n) is 8.24. The fraction of sp³-hybridized carbons (Fsp3) is 0.524. The Balaban J connectivity index is 2.21. The van der Waals surface area contributed by atoms with Crippen LogP contribution in [-0.2, 0) is 19.9 Å². The van der Waals surface area contributed by atoms with E-state index in [9.17, 15) is 14.7 Å². The van der Waals surface area contributed by atoms with Crippen LogP contribution in [0.1, 0.15) is 51.7 Å². The number of rotatable bonds is 8. The van der Waals surface area contributed by atoms with Gasteiger partial charge < -0.3 is 15.5 Å². The highest BCUT2D eigenvalue weighted by Gasteiger charge is 2.26. The maximum Gasteiger partial charge on any atom is 0.276 e. The molecule has 1 atom stereocenters. The molecule has 0 aliphatic rings. The standard InChI is InChI=1S/C21H29N5O4S/c1-10(2)6-15-19-18(21(30)26(5)25-15)17(20(29)22-8-13(28)9-27)16(31-19)7-14-11(3)23-24-12(14)4/h10,13,27-28H,6-9H2,1-5H3,(H,22,29)(H,23,24)/p+1/t13-/m0/s1. The van der Waals surface area contributed by atoms with Crippen LogP contribution in [-0.4, -0.2) is 55.4 Å². The lowest BCUT2D eigenvalue weighted by Crippen LogP contribution is -2.35. The Morgan fingerprint density at radius 3 is 2.65 bits per heavy atom. The van der Waals surface area contributed by atoms with Crippen molar-refractivity contribution >= 4 is 27.3 Å². The third kappa shape index (κ3) is 4.70. The summed E-state index contributed by atoms with van der Waals surface area (Å²) in [6.07, 6.45) is 0.186. The number of aliphatic hydroxyl groups is 1. The van der Waals surface area contributed by atoms with Crippen LogP contribution >= 0.6 is 11.3 Å². The van der Waals surface area contributed by atoms with Crippen LogP contribution in [0.3, 0.4) is 0 Å². The summed E-state index contributed by atoms with van der Waals surface area (Å²) in [5.41, 5.74) is 3.55. The van der Waals surface area contributed by atoms with E-state index in [0.717, 1.165) is 32.2 Å². The lowest BCUT2D eigenvalue weighted by molar-refractivity contribution is 0.0802. The van der Waals surface area contributed by atoms with Gasteiger partial charge in [0.2, 0.25) is 0 Å². The number of carbonyl (C=O) groups is 1. The van der Waals surface area contributed by atoms with Gasteiger partial charge in [0.1, 0.15) is 6.10 Å². The zero-order valence-electron chi connectivity index (χ0n) is 18.5.